The van der Waals surface area contributed by atoms with Crippen LogP contribution in [-0.4, -0.2) is 46.6 Å². The number of amides is 4. The number of benzene rings is 4. The fourth-order valence-electron chi connectivity index (χ4n) is 4.29. The maximum Gasteiger partial charge on any atom is 0.269 e. The van der Waals surface area contributed by atoms with Gasteiger partial charge in [-0.1, -0.05) is 36.4 Å². The molecule has 0 spiro atoms. The van der Waals surface area contributed by atoms with E-state index in [1.165, 1.54) is 60.7 Å². The summed E-state index contributed by atoms with van der Waals surface area (Å²) in [6, 6.07) is 27.3. The van der Waals surface area contributed by atoms with Gasteiger partial charge in [0.1, 0.15) is 11.4 Å². The molecule has 49 heavy (non-hydrogen) atoms. The Bertz CT molecular complexity index is 1750. The van der Waals surface area contributed by atoms with Gasteiger partial charge in [-0.15, -0.1) is 0 Å². The molecule has 0 atom stereocenters. The highest BCUT2D eigenvalue weighted by Gasteiger charge is 2.17. The number of carbonyl (C=O) groups is 4. The van der Waals surface area contributed by atoms with Crippen LogP contribution in [0.25, 0.3) is 12.2 Å². The molecule has 0 fully saturated rings. The zero-order valence-corrected chi connectivity index (χ0v) is 25.8. The molecule has 4 N–H and O–H groups in total. The van der Waals surface area contributed by atoms with Gasteiger partial charge in [0.05, 0.1) is 9.85 Å². The van der Waals surface area contributed by atoms with Crippen LogP contribution < -0.4 is 21.3 Å². The molecular formula is C35H30N6O8. The summed E-state index contributed by atoms with van der Waals surface area (Å²) in [4.78, 5) is 72.8. The second kappa shape index (κ2) is 17.1. The maximum absolute atomic E-state index is 13.1. The number of hydrogen-bond donors (Lipinski definition) is 4. The number of nitro groups is 2. The third-order valence-corrected chi connectivity index (χ3v) is 6.81. The van der Waals surface area contributed by atoms with E-state index < -0.39 is 33.5 Å². The van der Waals surface area contributed by atoms with Crippen LogP contribution in [0.4, 0.5) is 11.4 Å². The Morgan fingerprint density at radius 3 is 1.20 bits per heavy atom. The lowest BCUT2D eigenvalue weighted by atomic mass is 10.1. The molecule has 0 aliphatic carbocycles. The van der Waals surface area contributed by atoms with Gasteiger partial charge in [0.2, 0.25) is 0 Å². The number of hydrogen-bond acceptors (Lipinski definition) is 8. The van der Waals surface area contributed by atoms with Gasteiger partial charge in [-0.2, -0.15) is 0 Å². The van der Waals surface area contributed by atoms with Gasteiger partial charge in [0.15, 0.2) is 0 Å². The third-order valence-electron chi connectivity index (χ3n) is 6.81. The molecule has 4 aromatic carbocycles. The summed E-state index contributed by atoms with van der Waals surface area (Å²) in [5.74, 6) is -2.35. The fraction of sp³-hybridized carbons (Fsp3) is 0.0857. The average Bonchev–Trinajstić information content (AvgIpc) is 3.11. The number of non-ortho nitro benzene ring substituents is 2. The molecule has 4 rings (SSSR count). The zero-order valence-electron chi connectivity index (χ0n) is 25.8. The van der Waals surface area contributed by atoms with Crippen molar-refractivity contribution in [1.29, 1.82) is 0 Å². The number of nitro benzene ring substituents is 2. The third kappa shape index (κ3) is 10.5. The first kappa shape index (κ1) is 34.9. The lowest BCUT2D eigenvalue weighted by Gasteiger charge is -2.13. The van der Waals surface area contributed by atoms with Gasteiger partial charge in [0, 0.05) is 48.5 Å². The summed E-state index contributed by atoms with van der Waals surface area (Å²) in [7, 11) is 0. The topological polar surface area (TPSA) is 203 Å². The summed E-state index contributed by atoms with van der Waals surface area (Å²) >= 11 is 0. The molecule has 0 aliphatic rings. The van der Waals surface area contributed by atoms with Crippen LogP contribution >= 0.6 is 0 Å². The molecule has 0 radical (unpaired) electrons. The Morgan fingerprint density at radius 2 is 0.878 bits per heavy atom. The predicted molar refractivity (Wildman–Crippen MR) is 181 cm³/mol. The van der Waals surface area contributed by atoms with E-state index in [1.54, 1.807) is 60.7 Å². The highest BCUT2D eigenvalue weighted by Crippen LogP contribution is 2.16. The highest BCUT2D eigenvalue weighted by molar-refractivity contribution is 6.06. The van der Waals surface area contributed by atoms with Crippen molar-refractivity contribution in [3.63, 3.8) is 0 Å². The molecule has 0 heterocycles. The van der Waals surface area contributed by atoms with Crippen molar-refractivity contribution in [3.8, 4) is 0 Å². The summed E-state index contributed by atoms with van der Waals surface area (Å²) in [5, 5.41) is 32.5. The van der Waals surface area contributed by atoms with E-state index in [0.29, 0.717) is 22.3 Å². The minimum absolute atomic E-state index is 0.0791. The van der Waals surface area contributed by atoms with Crippen molar-refractivity contribution in [3.05, 3.63) is 163 Å². The van der Waals surface area contributed by atoms with E-state index >= 15 is 0 Å². The summed E-state index contributed by atoms with van der Waals surface area (Å²) in [6.45, 7) is 0.158. The smallest absolute Gasteiger partial charge is 0.269 e. The van der Waals surface area contributed by atoms with Crippen LogP contribution in [0.5, 0.6) is 0 Å². The van der Waals surface area contributed by atoms with E-state index in [-0.39, 0.29) is 42.3 Å². The highest BCUT2D eigenvalue weighted by atomic mass is 16.6. The van der Waals surface area contributed by atoms with Crippen molar-refractivity contribution >= 4 is 47.2 Å². The van der Waals surface area contributed by atoms with Gasteiger partial charge in [-0.05, 0) is 78.2 Å². The molecule has 0 unspecified atom stereocenters. The molecule has 0 saturated heterocycles. The standard InChI is InChI=1S/C35H30N6O8/c42-32(26-8-3-1-4-9-26)38-30(22-24-12-16-28(17-13-24)40(46)47)34(44)36-20-7-21-37-35(45)31(39-33(43)27-10-5-2-6-11-27)23-25-14-18-29(19-15-25)41(48)49/h1-6,8-19,22-23H,7,20-21H2,(H,36,44)(H,37,45)(H,38,42)(H,39,43)/b30-22+,31-23+. The Labute approximate surface area is 279 Å². The lowest BCUT2D eigenvalue weighted by molar-refractivity contribution is -0.385. The molecule has 4 amide bonds. The molecule has 0 aromatic heterocycles. The van der Waals surface area contributed by atoms with E-state index in [2.05, 4.69) is 21.3 Å². The molecule has 0 saturated carbocycles. The van der Waals surface area contributed by atoms with Gasteiger partial charge in [-0.3, -0.25) is 39.4 Å². The molecule has 0 aliphatic heterocycles. The van der Waals surface area contributed by atoms with Crippen LogP contribution in [0.3, 0.4) is 0 Å². The maximum atomic E-state index is 13.1. The van der Waals surface area contributed by atoms with Crippen molar-refractivity contribution in [1.82, 2.24) is 21.3 Å². The van der Waals surface area contributed by atoms with Gasteiger partial charge in [-0.25, -0.2) is 0 Å². The normalized spacial score (nSPS) is 11.2. The Balaban J connectivity index is 1.40. The number of carbonyl (C=O) groups excluding carboxylic acids is 4. The first-order valence-electron chi connectivity index (χ1n) is 14.8. The second-order valence-corrected chi connectivity index (χ2v) is 10.3. The van der Waals surface area contributed by atoms with Crippen molar-refractivity contribution in [2.24, 2.45) is 0 Å². The lowest BCUT2D eigenvalue weighted by Crippen LogP contribution is -2.38. The number of rotatable bonds is 14. The Kier molecular flexibility index (Phi) is 12.2. The second-order valence-electron chi connectivity index (χ2n) is 10.3. The summed E-state index contributed by atoms with van der Waals surface area (Å²) in [5.41, 5.74) is 0.997. The van der Waals surface area contributed by atoms with E-state index in [9.17, 15) is 39.4 Å². The van der Waals surface area contributed by atoms with Crippen LogP contribution in [0.1, 0.15) is 38.3 Å². The molecule has 0 bridgehead atoms. The van der Waals surface area contributed by atoms with Crippen molar-refractivity contribution < 1.29 is 29.0 Å². The Hall–Kier alpha value is -6.96. The summed E-state index contributed by atoms with van der Waals surface area (Å²) in [6.07, 6.45) is 3.02. The fourth-order valence-corrected chi connectivity index (χ4v) is 4.29. The number of nitrogens with zero attached hydrogens (tertiary/aromatic N) is 2. The average molecular weight is 663 g/mol. The molecule has 14 heteroatoms. The van der Waals surface area contributed by atoms with E-state index in [4.69, 9.17) is 0 Å². The van der Waals surface area contributed by atoms with Crippen LogP contribution in [-0.2, 0) is 9.59 Å². The van der Waals surface area contributed by atoms with Gasteiger partial charge < -0.3 is 21.3 Å². The minimum Gasteiger partial charge on any atom is -0.351 e. The quantitative estimate of drug-likeness (QED) is 0.0659. The predicted octanol–water partition coefficient (Wildman–Crippen LogP) is 4.37. The first-order chi connectivity index (χ1) is 23.6. The monoisotopic (exact) mass is 662 g/mol. The van der Waals surface area contributed by atoms with Crippen molar-refractivity contribution in [2.75, 3.05) is 13.1 Å². The SMILES string of the molecule is O=C(NCCCNC(=O)/C(=C\c1ccc([N+](=O)[O-])cc1)NC(=O)c1ccccc1)/C(=C\c1ccc([N+](=O)[O-])cc1)NC(=O)c1ccccc1. The molecular weight excluding hydrogens is 632 g/mol. The number of nitrogens with one attached hydrogen (secondary N) is 4. The van der Waals surface area contributed by atoms with Crippen LogP contribution in [0.2, 0.25) is 0 Å². The van der Waals surface area contributed by atoms with Crippen LogP contribution in [0.15, 0.2) is 121 Å². The molecule has 4 aromatic rings. The largest absolute Gasteiger partial charge is 0.351 e. The van der Waals surface area contributed by atoms with E-state index in [0.717, 1.165) is 0 Å². The van der Waals surface area contributed by atoms with Gasteiger partial charge in [0.25, 0.3) is 35.0 Å². The first-order valence-corrected chi connectivity index (χ1v) is 14.8. The minimum atomic E-state index is -0.636. The van der Waals surface area contributed by atoms with E-state index in [1.807, 2.05) is 0 Å². The summed E-state index contributed by atoms with van der Waals surface area (Å²) < 4.78 is 0. The van der Waals surface area contributed by atoms with Crippen molar-refractivity contribution in [2.45, 2.75) is 6.42 Å². The van der Waals surface area contributed by atoms with Gasteiger partial charge >= 0.3 is 0 Å². The van der Waals surface area contributed by atoms with Crippen LogP contribution in [0, 0.1) is 20.2 Å². The zero-order chi connectivity index (χ0) is 35.2. The molecule has 248 valence electrons. The Morgan fingerprint density at radius 1 is 0.531 bits per heavy atom. The molecule has 14 nitrogen and oxygen atoms in total.